The van der Waals surface area contributed by atoms with Crippen molar-refractivity contribution >= 4 is 5.69 Å². The lowest BCUT2D eigenvalue weighted by molar-refractivity contribution is 0.199. The zero-order chi connectivity index (χ0) is 13.1. The maximum absolute atomic E-state index is 9.53. The lowest BCUT2D eigenvalue weighted by atomic mass is 10.1. The second-order valence-corrected chi connectivity index (χ2v) is 5.52. The van der Waals surface area contributed by atoms with Crippen molar-refractivity contribution in [2.24, 2.45) is 0 Å². The fraction of sp³-hybridized carbons (Fsp3) is 0.600. The molecule has 3 heteroatoms. The minimum Gasteiger partial charge on any atom is -0.389 e. The Kier molecular flexibility index (Phi) is 4.25. The maximum Gasteiger partial charge on any atom is 0.0761 e. The molecule has 0 radical (unpaired) electrons. The fourth-order valence-electron chi connectivity index (χ4n) is 2.73. The number of aliphatic hydroxyl groups excluding tert-OH is 1. The van der Waals surface area contributed by atoms with Crippen molar-refractivity contribution in [1.29, 1.82) is 0 Å². The molecule has 1 aliphatic heterocycles. The van der Waals surface area contributed by atoms with E-state index in [1.54, 1.807) is 6.92 Å². The van der Waals surface area contributed by atoms with Crippen molar-refractivity contribution in [2.75, 3.05) is 32.1 Å². The number of likely N-dealkylation sites (N-methyl/N-ethyl adjacent to an activating group) is 1. The molecule has 1 aromatic rings. The number of hydrogen-bond donors (Lipinski definition) is 1. The smallest absolute Gasteiger partial charge is 0.0761 e. The third-order valence-corrected chi connectivity index (χ3v) is 3.66. The number of aliphatic hydroxyl groups is 1. The van der Waals surface area contributed by atoms with Crippen molar-refractivity contribution in [3.63, 3.8) is 0 Å². The standard InChI is InChI=1S/C15H24N2O/c1-12(18)13-6-8-14(9-7-13)17-10-4-5-15(17)11-16(2)3/h6-9,12,15,18H,4-5,10-11H2,1-3H3/t12-,15?/m0/s1. The second-order valence-electron chi connectivity index (χ2n) is 5.52. The Morgan fingerprint density at radius 1 is 1.33 bits per heavy atom. The van der Waals surface area contributed by atoms with E-state index in [-0.39, 0.29) is 6.10 Å². The van der Waals surface area contributed by atoms with E-state index in [1.807, 2.05) is 12.1 Å². The number of rotatable bonds is 4. The summed E-state index contributed by atoms with van der Waals surface area (Å²) >= 11 is 0. The number of benzene rings is 1. The Bertz CT molecular complexity index is 373. The summed E-state index contributed by atoms with van der Waals surface area (Å²) in [6.07, 6.45) is 2.17. The Balaban J connectivity index is 2.10. The van der Waals surface area contributed by atoms with E-state index in [2.05, 4.69) is 36.0 Å². The minimum absolute atomic E-state index is 0.379. The molecule has 1 saturated heterocycles. The zero-order valence-electron chi connectivity index (χ0n) is 11.6. The second kappa shape index (κ2) is 5.72. The first-order valence-corrected chi connectivity index (χ1v) is 6.77. The van der Waals surface area contributed by atoms with Gasteiger partial charge in [-0.05, 0) is 51.6 Å². The molecule has 1 unspecified atom stereocenters. The quantitative estimate of drug-likeness (QED) is 0.885. The molecule has 2 atom stereocenters. The molecule has 3 nitrogen and oxygen atoms in total. The summed E-state index contributed by atoms with van der Waals surface area (Å²) < 4.78 is 0. The molecule has 0 aromatic heterocycles. The molecule has 100 valence electrons. The van der Waals surface area contributed by atoms with Crippen LogP contribution in [0.25, 0.3) is 0 Å². The van der Waals surface area contributed by atoms with Crippen LogP contribution in [0.3, 0.4) is 0 Å². The van der Waals surface area contributed by atoms with Gasteiger partial charge in [0.05, 0.1) is 6.10 Å². The molecule has 1 heterocycles. The van der Waals surface area contributed by atoms with Crippen molar-refractivity contribution in [3.8, 4) is 0 Å². The van der Waals surface area contributed by atoms with Crippen molar-refractivity contribution < 1.29 is 5.11 Å². The highest BCUT2D eigenvalue weighted by Crippen LogP contribution is 2.27. The summed E-state index contributed by atoms with van der Waals surface area (Å²) in [5, 5.41) is 9.53. The molecule has 0 bridgehead atoms. The normalized spacial score (nSPS) is 21.6. The van der Waals surface area contributed by atoms with Crippen molar-refractivity contribution in [2.45, 2.75) is 31.9 Å². The summed E-state index contributed by atoms with van der Waals surface area (Å²) in [6, 6.07) is 8.96. The van der Waals surface area contributed by atoms with E-state index in [0.717, 1.165) is 18.7 Å². The predicted octanol–water partition coefficient (Wildman–Crippen LogP) is 2.27. The van der Waals surface area contributed by atoms with Crippen LogP contribution in [0.15, 0.2) is 24.3 Å². The Morgan fingerprint density at radius 2 is 2.00 bits per heavy atom. The Labute approximate surface area is 110 Å². The summed E-state index contributed by atoms with van der Waals surface area (Å²) in [5.41, 5.74) is 2.27. The van der Waals surface area contributed by atoms with Crippen LogP contribution in [0.1, 0.15) is 31.4 Å². The first-order chi connectivity index (χ1) is 8.58. The first-order valence-electron chi connectivity index (χ1n) is 6.77. The van der Waals surface area contributed by atoms with Gasteiger partial charge in [-0.15, -0.1) is 0 Å². The average Bonchev–Trinajstić information content (AvgIpc) is 2.76. The summed E-state index contributed by atoms with van der Waals surface area (Å²) in [7, 11) is 4.26. The number of nitrogens with zero attached hydrogens (tertiary/aromatic N) is 2. The maximum atomic E-state index is 9.53. The molecule has 2 rings (SSSR count). The van der Waals surface area contributed by atoms with Gasteiger partial charge in [0.1, 0.15) is 0 Å². The number of hydrogen-bond acceptors (Lipinski definition) is 3. The van der Waals surface area contributed by atoms with Gasteiger partial charge in [0.25, 0.3) is 0 Å². The van der Waals surface area contributed by atoms with E-state index in [9.17, 15) is 5.11 Å². The summed E-state index contributed by atoms with van der Waals surface area (Å²) in [6.45, 7) is 4.06. The largest absolute Gasteiger partial charge is 0.389 e. The van der Waals surface area contributed by atoms with Crippen LogP contribution in [0.5, 0.6) is 0 Å². The minimum atomic E-state index is -0.379. The third-order valence-electron chi connectivity index (χ3n) is 3.66. The van der Waals surface area contributed by atoms with Crippen LogP contribution in [0.2, 0.25) is 0 Å². The molecule has 1 fully saturated rings. The molecule has 1 aliphatic rings. The van der Waals surface area contributed by atoms with Gasteiger partial charge in [-0.3, -0.25) is 0 Å². The van der Waals surface area contributed by atoms with Crippen LogP contribution >= 0.6 is 0 Å². The van der Waals surface area contributed by atoms with Gasteiger partial charge in [0.15, 0.2) is 0 Å². The zero-order valence-corrected chi connectivity index (χ0v) is 11.6. The van der Waals surface area contributed by atoms with Crippen LogP contribution in [-0.4, -0.2) is 43.2 Å². The van der Waals surface area contributed by atoms with Gasteiger partial charge in [-0.25, -0.2) is 0 Å². The summed E-state index contributed by atoms with van der Waals surface area (Å²) in [5.74, 6) is 0. The molecule has 0 saturated carbocycles. The van der Waals surface area contributed by atoms with Crippen LogP contribution < -0.4 is 4.90 Å². The van der Waals surface area contributed by atoms with E-state index in [0.29, 0.717) is 6.04 Å². The van der Waals surface area contributed by atoms with Crippen molar-refractivity contribution in [1.82, 2.24) is 4.90 Å². The Morgan fingerprint density at radius 3 is 2.56 bits per heavy atom. The average molecular weight is 248 g/mol. The molecule has 0 amide bonds. The van der Waals surface area contributed by atoms with Gasteiger partial charge in [0.2, 0.25) is 0 Å². The van der Waals surface area contributed by atoms with E-state index < -0.39 is 0 Å². The Hall–Kier alpha value is -1.06. The molecule has 18 heavy (non-hydrogen) atoms. The molecule has 1 aromatic carbocycles. The lowest BCUT2D eigenvalue weighted by Gasteiger charge is -2.29. The highest BCUT2D eigenvalue weighted by Gasteiger charge is 2.24. The third kappa shape index (κ3) is 3.03. The molecule has 0 spiro atoms. The molecule has 0 aliphatic carbocycles. The van der Waals surface area contributed by atoms with Gasteiger partial charge >= 0.3 is 0 Å². The topological polar surface area (TPSA) is 26.7 Å². The van der Waals surface area contributed by atoms with Crippen LogP contribution in [0.4, 0.5) is 5.69 Å². The van der Waals surface area contributed by atoms with Gasteiger partial charge < -0.3 is 14.9 Å². The van der Waals surface area contributed by atoms with Crippen molar-refractivity contribution in [3.05, 3.63) is 29.8 Å². The van der Waals surface area contributed by atoms with Crippen LogP contribution in [0, 0.1) is 0 Å². The van der Waals surface area contributed by atoms with Gasteiger partial charge in [-0.2, -0.15) is 0 Å². The van der Waals surface area contributed by atoms with E-state index in [1.165, 1.54) is 18.5 Å². The van der Waals surface area contributed by atoms with Gasteiger partial charge in [0, 0.05) is 24.8 Å². The fourth-order valence-corrected chi connectivity index (χ4v) is 2.73. The predicted molar refractivity (Wildman–Crippen MR) is 76.0 cm³/mol. The first kappa shape index (κ1) is 13.4. The lowest BCUT2D eigenvalue weighted by Crippen LogP contribution is -2.37. The van der Waals surface area contributed by atoms with E-state index in [4.69, 9.17) is 0 Å². The molecular weight excluding hydrogens is 224 g/mol. The van der Waals surface area contributed by atoms with E-state index >= 15 is 0 Å². The van der Waals surface area contributed by atoms with Crippen LogP contribution in [-0.2, 0) is 0 Å². The van der Waals surface area contributed by atoms with Gasteiger partial charge in [-0.1, -0.05) is 12.1 Å². The monoisotopic (exact) mass is 248 g/mol. The highest BCUT2D eigenvalue weighted by molar-refractivity contribution is 5.49. The molecular formula is C15H24N2O. The number of anilines is 1. The molecule has 1 N–H and O–H groups in total. The highest BCUT2D eigenvalue weighted by atomic mass is 16.3. The summed E-state index contributed by atoms with van der Waals surface area (Å²) in [4.78, 5) is 4.75. The SMILES string of the molecule is C[C@H](O)c1ccc(N2CCCC2CN(C)C)cc1.